The Morgan fingerprint density at radius 1 is 1.33 bits per heavy atom. The van der Waals surface area contributed by atoms with E-state index in [9.17, 15) is 4.79 Å². The van der Waals surface area contributed by atoms with E-state index in [0.717, 1.165) is 25.9 Å². The highest BCUT2D eigenvalue weighted by Crippen LogP contribution is 2.20. The lowest BCUT2D eigenvalue weighted by molar-refractivity contribution is -0.140. The van der Waals surface area contributed by atoms with Crippen LogP contribution in [0.3, 0.4) is 0 Å². The molecule has 1 aliphatic carbocycles. The van der Waals surface area contributed by atoms with Crippen LogP contribution in [-0.4, -0.2) is 47.7 Å². The van der Waals surface area contributed by atoms with Gasteiger partial charge in [0.05, 0.1) is 0 Å². The van der Waals surface area contributed by atoms with Gasteiger partial charge >= 0.3 is 5.97 Å². The van der Waals surface area contributed by atoms with E-state index in [1.807, 2.05) is 0 Å². The number of nitrogens with zero attached hydrogens (tertiary/aromatic N) is 1. The molecule has 1 saturated heterocycles. The summed E-state index contributed by atoms with van der Waals surface area (Å²) in [5, 5.41) is 12.3. The first-order chi connectivity index (χ1) is 7.25. The van der Waals surface area contributed by atoms with Crippen molar-refractivity contribution in [3.05, 3.63) is 0 Å². The van der Waals surface area contributed by atoms with Crippen LogP contribution in [0.4, 0.5) is 0 Å². The number of likely N-dealkylation sites (tertiary alicyclic amines) is 1. The van der Waals surface area contributed by atoms with E-state index >= 15 is 0 Å². The molecule has 4 nitrogen and oxygen atoms in total. The Kier molecular flexibility index (Phi) is 3.59. The minimum atomic E-state index is -0.701. The van der Waals surface area contributed by atoms with Crippen molar-refractivity contribution in [2.24, 2.45) is 0 Å². The van der Waals surface area contributed by atoms with Gasteiger partial charge < -0.3 is 15.3 Å². The smallest absolute Gasteiger partial charge is 0.322 e. The van der Waals surface area contributed by atoms with Crippen LogP contribution >= 0.6 is 0 Å². The van der Waals surface area contributed by atoms with Gasteiger partial charge in [-0.3, -0.25) is 4.79 Å². The van der Waals surface area contributed by atoms with Crippen molar-refractivity contribution >= 4 is 5.97 Å². The summed E-state index contributed by atoms with van der Waals surface area (Å²) in [6.07, 6.45) is 6.02. The van der Waals surface area contributed by atoms with Crippen molar-refractivity contribution in [3.63, 3.8) is 0 Å². The number of aliphatic carboxylic acids is 1. The first-order valence-electron chi connectivity index (χ1n) is 5.97. The normalized spacial score (nSPS) is 25.1. The SMILES string of the molecule is O=C(O)C(CN1CCCCC1)NC1CC1. The second-order valence-corrected chi connectivity index (χ2v) is 4.69. The number of carboxylic acid groups (broad SMARTS) is 1. The van der Waals surface area contributed by atoms with E-state index in [-0.39, 0.29) is 6.04 Å². The topological polar surface area (TPSA) is 52.6 Å². The average Bonchev–Trinajstić information content (AvgIpc) is 3.02. The van der Waals surface area contributed by atoms with Crippen molar-refractivity contribution in [1.82, 2.24) is 10.2 Å². The van der Waals surface area contributed by atoms with Gasteiger partial charge in [0.15, 0.2) is 0 Å². The van der Waals surface area contributed by atoms with Gasteiger partial charge in [0.2, 0.25) is 0 Å². The third-order valence-electron chi connectivity index (χ3n) is 3.20. The van der Waals surface area contributed by atoms with Crippen molar-refractivity contribution in [2.45, 2.75) is 44.2 Å². The third kappa shape index (κ3) is 3.47. The summed E-state index contributed by atoms with van der Waals surface area (Å²) in [5.74, 6) is -0.701. The van der Waals surface area contributed by atoms with Crippen LogP contribution in [-0.2, 0) is 4.79 Å². The van der Waals surface area contributed by atoms with Gasteiger partial charge in [-0.05, 0) is 38.8 Å². The molecule has 4 heteroatoms. The predicted molar refractivity (Wildman–Crippen MR) is 57.9 cm³/mol. The molecule has 1 atom stereocenters. The molecule has 0 aromatic rings. The molecule has 0 bridgehead atoms. The molecular weight excluding hydrogens is 192 g/mol. The standard InChI is InChI=1S/C11H20N2O2/c14-11(15)10(12-9-4-5-9)8-13-6-2-1-3-7-13/h9-10,12H,1-8H2,(H,14,15). The van der Waals surface area contributed by atoms with E-state index in [1.165, 1.54) is 19.3 Å². The molecule has 2 N–H and O–H groups in total. The summed E-state index contributed by atoms with van der Waals surface area (Å²) in [7, 11) is 0. The van der Waals surface area contributed by atoms with Crippen molar-refractivity contribution in [3.8, 4) is 0 Å². The summed E-state index contributed by atoms with van der Waals surface area (Å²) in [6, 6.07) is 0.103. The largest absolute Gasteiger partial charge is 0.480 e. The van der Waals surface area contributed by atoms with Crippen LogP contribution in [0, 0.1) is 0 Å². The van der Waals surface area contributed by atoms with Crippen LogP contribution < -0.4 is 5.32 Å². The summed E-state index contributed by atoms with van der Waals surface area (Å²) >= 11 is 0. The van der Waals surface area contributed by atoms with Crippen LogP contribution in [0.1, 0.15) is 32.1 Å². The number of carboxylic acids is 1. The lowest BCUT2D eigenvalue weighted by atomic mass is 10.1. The molecule has 86 valence electrons. The molecule has 0 radical (unpaired) electrons. The molecule has 1 heterocycles. The maximum absolute atomic E-state index is 11.0. The molecule has 0 spiro atoms. The van der Waals surface area contributed by atoms with Crippen LogP contribution in [0.25, 0.3) is 0 Å². The Morgan fingerprint density at radius 3 is 2.53 bits per heavy atom. The Morgan fingerprint density at radius 2 is 2.00 bits per heavy atom. The molecule has 15 heavy (non-hydrogen) atoms. The zero-order chi connectivity index (χ0) is 10.7. The van der Waals surface area contributed by atoms with Crippen LogP contribution in [0.2, 0.25) is 0 Å². The molecular formula is C11H20N2O2. The second-order valence-electron chi connectivity index (χ2n) is 4.69. The monoisotopic (exact) mass is 212 g/mol. The van der Waals surface area contributed by atoms with Crippen LogP contribution in [0.5, 0.6) is 0 Å². The summed E-state index contributed by atoms with van der Waals surface area (Å²) in [6.45, 7) is 2.80. The first kappa shape index (κ1) is 10.9. The highest BCUT2D eigenvalue weighted by atomic mass is 16.4. The number of hydrogen-bond acceptors (Lipinski definition) is 3. The van der Waals surface area contributed by atoms with E-state index in [2.05, 4.69) is 10.2 Å². The summed E-state index contributed by atoms with van der Waals surface area (Å²) in [4.78, 5) is 13.3. The zero-order valence-corrected chi connectivity index (χ0v) is 9.11. The molecule has 1 saturated carbocycles. The molecule has 1 aliphatic heterocycles. The number of carbonyl (C=O) groups is 1. The number of rotatable bonds is 5. The second kappa shape index (κ2) is 4.94. The minimum Gasteiger partial charge on any atom is -0.480 e. The molecule has 0 aromatic heterocycles. The fourth-order valence-electron chi connectivity index (χ4n) is 2.14. The van der Waals surface area contributed by atoms with E-state index in [0.29, 0.717) is 12.6 Å². The van der Waals surface area contributed by atoms with Gasteiger partial charge in [-0.2, -0.15) is 0 Å². The van der Waals surface area contributed by atoms with Crippen LogP contribution in [0.15, 0.2) is 0 Å². The fraction of sp³-hybridized carbons (Fsp3) is 0.909. The van der Waals surface area contributed by atoms with E-state index < -0.39 is 5.97 Å². The summed E-state index contributed by atoms with van der Waals surface area (Å²) in [5.41, 5.74) is 0. The Balaban J connectivity index is 1.78. The lowest BCUT2D eigenvalue weighted by Gasteiger charge is -2.29. The summed E-state index contributed by atoms with van der Waals surface area (Å²) < 4.78 is 0. The van der Waals surface area contributed by atoms with Gasteiger partial charge in [0, 0.05) is 12.6 Å². The highest BCUT2D eigenvalue weighted by molar-refractivity contribution is 5.73. The maximum atomic E-state index is 11.0. The highest BCUT2D eigenvalue weighted by Gasteiger charge is 2.29. The Hall–Kier alpha value is -0.610. The Labute approximate surface area is 90.6 Å². The van der Waals surface area contributed by atoms with Gasteiger partial charge in [-0.1, -0.05) is 6.42 Å². The quantitative estimate of drug-likeness (QED) is 0.703. The molecule has 1 unspecified atom stereocenters. The Bertz CT molecular complexity index is 223. The van der Waals surface area contributed by atoms with Crippen molar-refractivity contribution < 1.29 is 9.90 Å². The minimum absolute atomic E-state index is 0.365. The first-order valence-corrected chi connectivity index (χ1v) is 5.97. The zero-order valence-electron chi connectivity index (χ0n) is 9.11. The lowest BCUT2D eigenvalue weighted by Crippen LogP contribution is -2.48. The van der Waals surface area contributed by atoms with Gasteiger partial charge in [-0.15, -0.1) is 0 Å². The van der Waals surface area contributed by atoms with E-state index in [4.69, 9.17) is 5.11 Å². The molecule has 2 fully saturated rings. The van der Waals surface area contributed by atoms with Gasteiger partial charge in [0.1, 0.15) is 6.04 Å². The number of piperidine rings is 1. The third-order valence-corrected chi connectivity index (χ3v) is 3.20. The molecule has 0 aromatic carbocycles. The average molecular weight is 212 g/mol. The fourth-order valence-corrected chi connectivity index (χ4v) is 2.14. The molecule has 0 amide bonds. The molecule has 2 aliphatic rings. The predicted octanol–water partition coefficient (Wildman–Crippen LogP) is 0.677. The van der Waals surface area contributed by atoms with E-state index in [1.54, 1.807) is 0 Å². The van der Waals surface area contributed by atoms with Gasteiger partial charge in [-0.25, -0.2) is 0 Å². The number of hydrogen-bond donors (Lipinski definition) is 2. The number of nitrogens with one attached hydrogen (secondary N) is 1. The molecule has 2 rings (SSSR count). The van der Waals surface area contributed by atoms with Gasteiger partial charge in [0.25, 0.3) is 0 Å². The van der Waals surface area contributed by atoms with Crippen molar-refractivity contribution in [2.75, 3.05) is 19.6 Å². The van der Waals surface area contributed by atoms with Crippen molar-refractivity contribution in [1.29, 1.82) is 0 Å². The maximum Gasteiger partial charge on any atom is 0.322 e.